The summed E-state index contributed by atoms with van der Waals surface area (Å²) in [6.45, 7) is 3.73. The molecule has 0 radical (unpaired) electrons. The minimum absolute atomic E-state index is 0.201. The minimum Gasteiger partial charge on any atom is -0.493 e. The number of esters is 2. The zero-order valence-corrected chi connectivity index (χ0v) is 23.2. The van der Waals surface area contributed by atoms with Crippen LogP contribution < -0.4 is 20.2 Å². The second-order valence-electron chi connectivity index (χ2n) is 8.90. The van der Waals surface area contributed by atoms with E-state index in [1.54, 1.807) is 37.3 Å². The van der Waals surface area contributed by atoms with Crippen LogP contribution >= 0.6 is 11.3 Å². The lowest BCUT2D eigenvalue weighted by molar-refractivity contribution is -0.136. The molecule has 1 heterocycles. The van der Waals surface area contributed by atoms with Crippen molar-refractivity contribution in [3.05, 3.63) is 75.2 Å². The fraction of sp³-hybridized carbons (Fsp3) is 0.276. The van der Waals surface area contributed by atoms with Crippen LogP contribution in [0.5, 0.6) is 11.5 Å². The van der Waals surface area contributed by atoms with Crippen LogP contribution in [0.1, 0.15) is 62.0 Å². The van der Waals surface area contributed by atoms with Crippen molar-refractivity contribution >= 4 is 46.3 Å². The third-order valence-corrected chi connectivity index (χ3v) is 7.43. The zero-order chi connectivity index (χ0) is 28.6. The Labute approximate surface area is 235 Å². The number of amides is 2. The van der Waals surface area contributed by atoms with Crippen LogP contribution in [0, 0.1) is 6.92 Å². The molecule has 208 valence electrons. The van der Waals surface area contributed by atoms with Crippen LogP contribution in [0.4, 0.5) is 5.00 Å². The quantitative estimate of drug-likeness (QED) is 0.136. The Balaban J connectivity index is 1.40. The van der Waals surface area contributed by atoms with Crippen LogP contribution in [0.15, 0.2) is 47.6 Å². The lowest BCUT2D eigenvalue weighted by atomic mass is 9.95. The molecule has 0 bridgehead atoms. The fourth-order valence-electron chi connectivity index (χ4n) is 4.25. The van der Waals surface area contributed by atoms with Gasteiger partial charge in [-0.2, -0.15) is 5.10 Å². The second-order valence-corrected chi connectivity index (χ2v) is 10.0. The van der Waals surface area contributed by atoms with E-state index in [1.807, 2.05) is 19.1 Å². The highest BCUT2D eigenvalue weighted by molar-refractivity contribution is 7.17. The van der Waals surface area contributed by atoms with E-state index in [4.69, 9.17) is 14.2 Å². The number of rotatable bonds is 8. The van der Waals surface area contributed by atoms with Crippen LogP contribution in [-0.4, -0.2) is 43.7 Å². The number of carbonyl (C=O) groups is 4. The normalized spacial score (nSPS) is 12.4. The summed E-state index contributed by atoms with van der Waals surface area (Å²) in [6, 6.07) is 11.8. The molecule has 3 aromatic rings. The van der Waals surface area contributed by atoms with E-state index in [0.717, 1.165) is 41.7 Å². The van der Waals surface area contributed by atoms with Gasteiger partial charge < -0.3 is 19.5 Å². The van der Waals surface area contributed by atoms with Gasteiger partial charge >= 0.3 is 23.8 Å². The average Bonchev–Trinajstić information content (AvgIpc) is 3.31. The molecule has 1 aromatic heterocycles. The number of hydrogen-bond acceptors (Lipinski definition) is 9. The van der Waals surface area contributed by atoms with E-state index in [1.165, 1.54) is 24.7 Å². The molecule has 2 amide bonds. The van der Waals surface area contributed by atoms with Gasteiger partial charge in [-0.1, -0.05) is 18.2 Å². The number of nitrogens with zero attached hydrogens (tertiary/aromatic N) is 1. The van der Waals surface area contributed by atoms with Gasteiger partial charge in [0.1, 0.15) is 5.00 Å². The molecule has 11 heteroatoms. The second kappa shape index (κ2) is 13.0. The summed E-state index contributed by atoms with van der Waals surface area (Å²) in [5, 5.41) is 6.69. The van der Waals surface area contributed by atoms with E-state index in [2.05, 4.69) is 15.8 Å². The van der Waals surface area contributed by atoms with Crippen molar-refractivity contribution in [1.29, 1.82) is 0 Å². The Hall–Kier alpha value is -4.51. The van der Waals surface area contributed by atoms with Gasteiger partial charge in [-0.05, 0) is 80.5 Å². The van der Waals surface area contributed by atoms with E-state index >= 15 is 0 Å². The molecule has 10 nitrogen and oxygen atoms in total. The number of nitrogens with one attached hydrogen (secondary N) is 2. The molecule has 40 heavy (non-hydrogen) atoms. The Morgan fingerprint density at radius 1 is 1.00 bits per heavy atom. The zero-order valence-electron chi connectivity index (χ0n) is 22.4. The van der Waals surface area contributed by atoms with E-state index in [9.17, 15) is 19.2 Å². The summed E-state index contributed by atoms with van der Waals surface area (Å²) in [5.74, 6) is -2.51. The summed E-state index contributed by atoms with van der Waals surface area (Å²) in [6.07, 6.45) is 4.79. The van der Waals surface area contributed by atoms with Crippen molar-refractivity contribution in [3.63, 3.8) is 0 Å². The number of anilines is 1. The summed E-state index contributed by atoms with van der Waals surface area (Å²) < 4.78 is 16.0. The SMILES string of the molecule is CCOC(=O)c1c(NC(=O)C(=O)N/N=C/c2ccc(OC(=O)c3ccccc3C)c(OC)c2)sc2c1CCCC2. The molecule has 0 atom stereocenters. The Morgan fingerprint density at radius 3 is 2.52 bits per heavy atom. The smallest absolute Gasteiger partial charge is 0.343 e. The van der Waals surface area contributed by atoms with Crippen molar-refractivity contribution in [3.8, 4) is 11.5 Å². The van der Waals surface area contributed by atoms with Gasteiger partial charge in [-0.25, -0.2) is 15.0 Å². The molecular weight excluding hydrogens is 534 g/mol. The highest BCUT2D eigenvalue weighted by Gasteiger charge is 2.28. The maximum absolute atomic E-state index is 12.6. The maximum atomic E-state index is 12.6. The molecule has 0 aliphatic heterocycles. The number of benzene rings is 2. The number of carbonyl (C=O) groups excluding carboxylic acids is 4. The first-order chi connectivity index (χ1) is 19.3. The lowest BCUT2D eigenvalue weighted by Crippen LogP contribution is -2.32. The monoisotopic (exact) mass is 563 g/mol. The van der Waals surface area contributed by atoms with Crippen LogP contribution in [0.3, 0.4) is 0 Å². The number of ether oxygens (including phenoxy) is 3. The van der Waals surface area contributed by atoms with Crippen LogP contribution in [0.2, 0.25) is 0 Å². The summed E-state index contributed by atoms with van der Waals surface area (Å²) >= 11 is 1.29. The molecule has 0 unspecified atom stereocenters. The molecule has 1 aliphatic carbocycles. The molecule has 4 rings (SSSR count). The van der Waals surface area contributed by atoms with Crippen molar-refractivity contribution in [2.75, 3.05) is 19.0 Å². The summed E-state index contributed by atoms with van der Waals surface area (Å²) in [4.78, 5) is 51.2. The topological polar surface area (TPSA) is 132 Å². The van der Waals surface area contributed by atoms with Crippen LogP contribution in [-0.2, 0) is 27.2 Å². The predicted molar refractivity (Wildman–Crippen MR) is 150 cm³/mol. The van der Waals surface area contributed by atoms with Crippen molar-refractivity contribution in [1.82, 2.24) is 5.43 Å². The number of hydrogen-bond donors (Lipinski definition) is 2. The van der Waals surface area contributed by atoms with Crippen molar-refractivity contribution in [2.45, 2.75) is 39.5 Å². The average molecular weight is 564 g/mol. The van der Waals surface area contributed by atoms with Gasteiger partial charge in [-0.3, -0.25) is 9.59 Å². The molecule has 1 aliphatic rings. The van der Waals surface area contributed by atoms with Gasteiger partial charge in [0.2, 0.25) is 0 Å². The maximum Gasteiger partial charge on any atom is 0.343 e. The van der Waals surface area contributed by atoms with Crippen molar-refractivity contribution in [2.24, 2.45) is 5.10 Å². The van der Waals surface area contributed by atoms with Gasteiger partial charge in [0.05, 0.1) is 31.1 Å². The molecule has 0 fully saturated rings. The molecule has 2 aromatic carbocycles. The van der Waals surface area contributed by atoms with E-state index in [0.29, 0.717) is 21.7 Å². The number of hydrazone groups is 1. The first kappa shape index (κ1) is 28.5. The Kier molecular flexibility index (Phi) is 9.28. The third-order valence-electron chi connectivity index (χ3n) is 6.22. The highest BCUT2D eigenvalue weighted by Crippen LogP contribution is 2.38. The number of thiophene rings is 1. The van der Waals surface area contributed by atoms with Gasteiger partial charge in [0, 0.05) is 4.88 Å². The van der Waals surface area contributed by atoms with Crippen LogP contribution in [0.25, 0.3) is 0 Å². The lowest BCUT2D eigenvalue weighted by Gasteiger charge is -2.12. The molecule has 2 N–H and O–H groups in total. The number of methoxy groups -OCH3 is 1. The Bertz CT molecular complexity index is 1480. The highest BCUT2D eigenvalue weighted by atomic mass is 32.1. The van der Waals surface area contributed by atoms with Gasteiger partial charge in [-0.15, -0.1) is 11.3 Å². The number of fused-ring (bicyclic) bond motifs is 1. The molecule has 0 spiro atoms. The first-order valence-corrected chi connectivity index (χ1v) is 13.6. The van der Waals surface area contributed by atoms with Gasteiger partial charge in [0.15, 0.2) is 11.5 Å². The van der Waals surface area contributed by atoms with Crippen molar-refractivity contribution < 1.29 is 33.4 Å². The summed E-state index contributed by atoms with van der Waals surface area (Å²) in [7, 11) is 1.43. The molecular formula is C29H29N3O7S. The molecule has 0 saturated carbocycles. The largest absolute Gasteiger partial charge is 0.493 e. The first-order valence-electron chi connectivity index (χ1n) is 12.7. The third kappa shape index (κ3) is 6.55. The van der Waals surface area contributed by atoms with E-state index in [-0.39, 0.29) is 18.1 Å². The fourth-order valence-corrected chi connectivity index (χ4v) is 5.53. The summed E-state index contributed by atoms with van der Waals surface area (Å²) in [5.41, 5.74) is 5.12. The standard InChI is InChI=1S/C29H29N3O7S/c1-4-38-29(36)24-20-11-7-8-12-23(20)40-27(24)31-25(33)26(34)32-30-16-18-13-14-21(22(15-18)37-3)39-28(35)19-10-6-5-9-17(19)2/h5-6,9-10,13-16H,4,7-8,11-12H2,1-3H3,(H,31,33)(H,32,34)/b30-16+. The number of aryl methyl sites for hydroxylation is 2. The minimum atomic E-state index is -1.01. The Morgan fingerprint density at radius 2 is 1.77 bits per heavy atom. The van der Waals surface area contributed by atoms with Gasteiger partial charge in [0.25, 0.3) is 0 Å². The van der Waals surface area contributed by atoms with E-state index < -0.39 is 23.8 Å². The molecule has 0 saturated heterocycles. The predicted octanol–water partition coefficient (Wildman–Crippen LogP) is 4.43.